The summed E-state index contributed by atoms with van der Waals surface area (Å²) in [5.74, 6) is 0.183. The summed E-state index contributed by atoms with van der Waals surface area (Å²) in [5.41, 5.74) is 0. The van der Waals surface area contributed by atoms with Crippen LogP contribution in [0.2, 0.25) is 0 Å². The highest BCUT2D eigenvalue weighted by Crippen LogP contribution is 2.26. The van der Waals surface area contributed by atoms with Crippen molar-refractivity contribution in [2.75, 3.05) is 26.2 Å². The summed E-state index contributed by atoms with van der Waals surface area (Å²) in [6.45, 7) is 6.85. The maximum absolute atomic E-state index is 12.9. The van der Waals surface area contributed by atoms with E-state index >= 15 is 0 Å². The first-order valence-corrected chi connectivity index (χ1v) is 9.51. The highest BCUT2D eigenvalue weighted by molar-refractivity contribution is 5.81. The average Bonchev–Trinajstić information content (AvgIpc) is 3.15. The summed E-state index contributed by atoms with van der Waals surface area (Å²) >= 11 is 0. The molecule has 138 valence electrons. The maximum atomic E-state index is 12.9. The molecule has 0 bridgehead atoms. The van der Waals surface area contributed by atoms with Crippen molar-refractivity contribution in [1.29, 1.82) is 0 Å². The molecule has 2 saturated heterocycles. The minimum atomic E-state index is -0.0465. The van der Waals surface area contributed by atoms with E-state index in [0.29, 0.717) is 12.6 Å². The lowest BCUT2D eigenvalue weighted by atomic mass is 9.95. The molecule has 0 radical (unpaired) electrons. The Morgan fingerprint density at radius 2 is 1.68 bits per heavy atom. The molecule has 0 spiro atoms. The average molecular weight is 346 g/mol. The first-order valence-electron chi connectivity index (χ1n) is 9.51. The molecule has 0 saturated carbocycles. The molecule has 0 unspecified atom stereocenters. The van der Waals surface area contributed by atoms with E-state index in [4.69, 9.17) is 0 Å². The predicted octanol–water partition coefficient (Wildman–Crippen LogP) is 2.48. The molecule has 0 aromatic carbocycles. The van der Waals surface area contributed by atoms with Gasteiger partial charge in [0.15, 0.2) is 0 Å². The summed E-state index contributed by atoms with van der Waals surface area (Å²) in [6, 6.07) is 4.68. The second-order valence-corrected chi connectivity index (χ2v) is 7.58. The van der Waals surface area contributed by atoms with Gasteiger partial charge in [0.2, 0.25) is 5.91 Å². The van der Waals surface area contributed by atoms with Crippen molar-refractivity contribution in [2.45, 2.75) is 51.6 Å². The molecular weight excluding hydrogens is 316 g/mol. The number of amides is 3. The van der Waals surface area contributed by atoms with E-state index < -0.39 is 0 Å². The first kappa shape index (κ1) is 17.8. The number of nitrogens with zero attached hydrogens (tertiary/aromatic N) is 3. The minimum absolute atomic E-state index is 0.0428. The van der Waals surface area contributed by atoms with Crippen LogP contribution in [0.15, 0.2) is 24.5 Å². The number of likely N-dealkylation sites (tertiary alicyclic amines) is 2. The van der Waals surface area contributed by atoms with Gasteiger partial charge in [0.1, 0.15) is 0 Å². The van der Waals surface area contributed by atoms with Crippen molar-refractivity contribution in [1.82, 2.24) is 19.7 Å². The number of nitrogens with one attached hydrogen (secondary N) is 1. The van der Waals surface area contributed by atoms with Crippen LogP contribution in [-0.2, 0) is 4.79 Å². The van der Waals surface area contributed by atoms with Crippen LogP contribution in [-0.4, -0.2) is 58.5 Å². The summed E-state index contributed by atoms with van der Waals surface area (Å²) in [4.78, 5) is 28.9. The standard InChI is InChI=1S/C19H30N4O2/c1-15(2)20-19(25)23-11-5-6-16(14-23)18(24)22-12-7-17(8-13-22)21-9-3-4-10-21/h3-4,9-10,15-17H,5-8,11-14H2,1-2H3,(H,20,25)/t16-/m1/s1. The fraction of sp³-hybridized carbons (Fsp3) is 0.684. The van der Waals surface area contributed by atoms with Gasteiger partial charge in [0, 0.05) is 50.7 Å². The van der Waals surface area contributed by atoms with Crippen LogP contribution in [0, 0.1) is 5.92 Å². The van der Waals surface area contributed by atoms with Gasteiger partial charge in [-0.05, 0) is 51.7 Å². The van der Waals surface area contributed by atoms with E-state index in [2.05, 4.69) is 34.4 Å². The van der Waals surface area contributed by atoms with Gasteiger partial charge in [-0.1, -0.05) is 0 Å². The molecule has 2 fully saturated rings. The Labute approximate surface area is 150 Å². The van der Waals surface area contributed by atoms with Gasteiger partial charge in [0.25, 0.3) is 0 Å². The van der Waals surface area contributed by atoms with Gasteiger partial charge in [-0.2, -0.15) is 0 Å². The Morgan fingerprint density at radius 1 is 1.00 bits per heavy atom. The van der Waals surface area contributed by atoms with Crippen LogP contribution in [0.1, 0.15) is 45.6 Å². The van der Waals surface area contributed by atoms with Crippen LogP contribution in [0.25, 0.3) is 0 Å². The van der Waals surface area contributed by atoms with Crippen LogP contribution >= 0.6 is 0 Å². The van der Waals surface area contributed by atoms with Crippen molar-refractivity contribution in [3.63, 3.8) is 0 Å². The van der Waals surface area contributed by atoms with Gasteiger partial charge in [-0.15, -0.1) is 0 Å². The molecular formula is C19H30N4O2. The normalized spacial score (nSPS) is 22.3. The number of carbonyl (C=O) groups is 2. The van der Waals surface area contributed by atoms with Crippen LogP contribution < -0.4 is 5.32 Å². The predicted molar refractivity (Wildman–Crippen MR) is 97.2 cm³/mol. The molecule has 2 aliphatic heterocycles. The Kier molecular flexibility index (Phi) is 5.66. The zero-order valence-electron chi connectivity index (χ0n) is 15.4. The van der Waals surface area contributed by atoms with Crippen molar-refractivity contribution >= 4 is 11.9 Å². The molecule has 1 atom stereocenters. The lowest BCUT2D eigenvalue weighted by Gasteiger charge is -2.38. The van der Waals surface area contributed by atoms with Crippen LogP contribution in [0.3, 0.4) is 0 Å². The van der Waals surface area contributed by atoms with Crippen molar-refractivity contribution < 1.29 is 9.59 Å². The number of aromatic nitrogens is 1. The summed E-state index contributed by atoms with van der Waals surface area (Å²) < 4.78 is 2.25. The van der Waals surface area contributed by atoms with Gasteiger partial charge in [0.05, 0.1) is 5.92 Å². The van der Waals surface area contributed by atoms with E-state index in [-0.39, 0.29) is 23.9 Å². The second kappa shape index (κ2) is 7.93. The molecule has 2 aliphatic rings. The van der Waals surface area contributed by atoms with Gasteiger partial charge in [-0.25, -0.2) is 4.79 Å². The molecule has 1 N–H and O–H groups in total. The van der Waals surface area contributed by atoms with E-state index in [1.165, 1.54) is 0 Å². The quantitative estimate of drug-likeness (QED) is 0.914. The third-order valence-corrected chi connectivity index (χ3v) is 5.30. The van der Waals surface area contributed by atoms with Gasteiger partial charge >= 0.3 is 6.03 Å². The van der Waals surface area contributed by atoms with Crippen molar-refractivity contribution in [3.8, 4) is 0 Å². The van der Waals surface area contributed by atoms with E-state index in [1.54, 1.807) is 4.90 Å². The van der Waals surface area contributed by atoms with E-state index in [0.717, 1.165) is 45.3 Å². The highest BCUT2D eigenvalue weighted by atomic mass is 16.2. The summed E-state index contributed by atoms with van der Waals surface area (Å²) in [5, 5.41) is 2.93. The molecule has 3 amide bonds. The van der Waals surface area contributed by atoms with Crippen LogP contribution in [0.4, 0.5) is 4.79 Å². The van der Waals surface area contributed by atoms with Crippen molar-refractivity contribution in [3.05, 3.63) is 24.5 Å². The lowest BCUT2D eigenvalue weighted by molar-refractivity contribution is -0.138. The molecule has 6 nitrogen and oxygen atoms in total. The minimum Gasteiger partial charge on any atom is -0.351 e. The Bertz CT molecular complexity index is 576. The molecule has 1 aromatic heterocycles. The van der Waals surface area contributed by atoms with E-state index in [1.807, 2.05) is 18.7 Å². The monoisotopic (exact) mass is 346 g/mol. The summed E-state index contributed by atoms with van der Waals surface area (Å²) in [7, 11) is 0. The smallest absolute Gasteiger partial charge is 0.317 e. The fourth-order valence-corrected chi connectivity index (χ4v) is 3.94. The first-order chi connectivity index (χ1) is 12.0. The van der Waals surface area contributed by atoms with Gasteiger partial charge < -0.3 is 19.7 Å². The Morgan fingerprint density at radius 3 is 2.32 bits per heavy atom. The molecule has 6 heteroatoms. The number of carbonyl (C=O) groups excluding carboxylic acids is 2. The molecule has 25 heavy (non-hydrogen) atoms. The highest BCUT2D eigenvalue weighted by Gasteiger charge is 2.33. The largest absolute Gasteiger partial charge is 0.351 e. The van der Waals surface area contributed by atoms with Crippen LogP contribution in [0.5, 0.6) is 0 Å². The summed E-state index contributed by atoms with van der Waals surface area (Å²) in [6.07, 6.45) is 8.02. The number of rotatable bonds is 3. The molecule has 3 rings (SSSR count). The lowest BCUT2D eigenvalue weighted by Crippen LogP contribution is -2.51. The number of piperidine rings is 2. The SMILES string of the molecule is CC(C)NC(=O)N1CCC[C@@H](C(=O)N2CCC(n3cccc3)CC2)C1. The third-order valence-electron chi connectivity index (χ3n) is 5.30. The molecule has 1 aromatic rings. The number of urea groups is 1. The zero-order chi connectivity index (χ0) is 17.8. The second-order valence-electron chi connectivity index (χ2n) is 7.58. The van der Waals surface area contributed by atoms with Crippen molar-refractivity contribution in [2.24, 2.45) is 5.92 Å². The van der Waals surface area contributed by atoms with Gasteiger partial charge in [-0.3, -0.25) is 4.79 Å². The maximum Gasteiger partial charge on any atom is 0.317 e. The molecule has 0 aliphatic carbocycles. The zero-order valence-corrected chi connectivity index (χ0v) is 15.4. The fourth-order valence-electron chi connectivity index (χ4n) is 3.94. The number of hydrogen-bond acceptors (Lipinski definition) is 2. The number of hydrogen-bond donors (Lipinski definition) is 1. The third kappa shape index (κ3) is 4.35. The Balaban J connectivity index is 1.52. The van der Waals surface area contributed by atoms with E-state index in [9.17, 15) is 9.59 Å². The molecule has 3 heterocycles. The topological polar surface area (TPSA) is 57.6 Å². The Hall–Kier alpha value is -1.98.